The average molecular weight is 488 g/mol. The Kier molecular flexibility index (Phi) is 5.01. The van der Waals surface area contributed by atoms with Crippen LogP contribution in [0.15, 0.2) is 29.2 Å². The average Bonchev–Trinajstić information content (AvgIpc) is 3.12. The van der Waals surface area contributed by atoms with E-state index >= 15 is 0 Å². The number of halogens is 3. The highest BCUT2D eigenvalue weighted by atomic mass is 32.2. The number of rotatable bonds is 2. The van der Waals surface area contributed by atoms with Crippen molar-refractivity contribution in [3.8, 4) is 0 Å². The molecule has 3 aliphatic heterocycles. The summed E-state index contributed by atoms with van der Waals surface area (Å²) in [4.78, 5) is 27.4. The molecule has 1 aromatic carbocycles. The molecule has 4 aliphatic rings. The molecule has 33 heavy (non-hydrogen) atoms. The highest BCUT2D eigenvalue weighted by Crippen LogP contribution is 2.47. The molecule has 0 unspecified atom stereocenters. The molecule has 2 spiro atoms. The van der Waals surface area contributed by atoms with Crippen molar-refractivity contribution in [2.24, 2.45) is 5.41 Å². The highest BCUT2D eigenvalue weighted by molar-refractivity contribution is 7.92. The molecule has 182 valence electrons. The smallest absolute Gasteiger partial charge is 0.347 e. The molecule has 3 saturated heterocycles. The largest absolute Gasteiger partial charge is 0.416 e. The lowest BCUT2D eigenvalue weighted by Crippen LogP contribution is -2.72. The molecule has 0 bridgehead atoms. The summed E-state index contributed by atoms with van der Waals surface area (Å²) >= 11 is 0. The van der Waals surface area contributed by atoms with Crippen LogP contribution in [0.5, 0.6) is 0 Å². The maximum atomic E-state index is 13.0. The standard InChI is InChI=1S/C22H26F3N3O4S.H2/c23-22(24,25)15-2-1-3-17(10-15)33(31,32)16-4-7-20(8-5-16)11-27(12-20)19(30)28-13-21(14-28)9-6-18(29)26-21;/h1-3,10,16H,4-9,11-14H2,(H,26,29);1H. The van der Waals surface area contributed by atoms with Gasteiger partial charge in [0, 0.05) is 39.4 Å². The minimum absolute atomic E-state index is 0. The summed E-state index contributed by atoms with van der Waals surface area (Å²) < 4.78 is 64.9. The van der Waals surface area contributed by atoms with Crippen LogP contribution in [-0.2, 0) is 20.8 Å². The lowest BCUT2D eigenvalue weighted by molar-refractivity contribution is -0.137. The topological polar surface area (TPSA) is 86.8 Å². The summed E-state index contributed by atoms with van der Waals surface area (Å²) in [6.45, 7) is 2.19. The summed E-state index contributed by atoms with van der Waals surface area (Å²) in [5, 5.41) is 2.25. The fourth-order valence-corrected chi connectivity index (χ4v) is 7.60. The van der Waals surface area contributed by atoms with Gasteiger partial charge in [-0.05, 0) is 50.3 Å². The van der Waals surface area contributed by atoms with Gasteiger partial charge in [-0.1, -0.05) is 6.07 Å². The predicted octanol–water partition coefficient (Wildman–Crippen LogP) is 3.05. The summed E-state index contributed by atoms with van der Waals surface area (Å²) in [6.07, 6.45) is -1.34. The molecule has 1 saturated carbocycles. The molecule has 1 aromatic rings. The van der Waals surface area contributed by atoms with E-state index in [9.17, 15) is 31.2 Å². The fourth-order valence-electron chi connectivity index (χ4n) is 5.80. The lowest BCUT2D eigenvalue weighted by atomic mass is 9.68. The Morgan fingerprint density at radius 2 is 1.70 bits per heavy atom. The quantitative estimate of drug-likeness (QED) is 0.695. The third-order valence-corrected chi connectivity index (χ3v) is 10.00. The van der Waals surface area contributed by atoms with E-state index < -0.39 is 26.8 Å². The van der Waals surface area contributed by atoms with Gasteiger partial charge in [-0.2, -0.15) is 13.2 Å². The molecule has 5 rings (SSSR count). The van der Waals surface area contributed by atoms with E-state index in [1.54, 1.807) is 9.80 Å². The van der Waals surface area contributed by atoms with Gasteiger partial charge in [-0.3, -0.25) is 4.79 Å². The second kappa shape index (κ2) is 7.35. The van der Waals surface area contributed by atoms with E-state index in [1.807, 2.05) is 0 Å². The molecule has 3 amide bonds. The normalized spacial score (nSPS) is 24.5. The van der Waals surface area contributed by atoms with Crippen molar-refractivity contribution < 1.29 is 32.6 Å². The molecule has 7 nitrogen and oxygen atoms in total. The van der Waals surface area contributed by atoms with Crippen LogP contribution in [0.2, 0.25) is 0 Å². The number of amides is 3. The van der Waals surface area contributed by atoms with Crippen LogP contribution in [0.1, 0.15) is 45.5 Å². The summed E-state index contributed by atoms with van der Waals surface area (Å²) in [5.41, 5.74) is -1.33. The van der Waals surface area contributed by atoms with E-state index in [1.165, 1.54) is 6.07 Å². The number of carbonyl (C=O) groups excluding carboxylic acids is 2. The van der Waals surface area contributed by atoms with Gasteiger partial charge in [0.05, 0.1) is 21.2 Å². The van der Waals surface area contributed by atoms with Crippen LogP contribution in [-0.4, -0.2) is 67.1 Å². The molecule has 0 atom stereocenters. The van der Waals surface area contributed by atoms with Gasteiger partial charge >= 0.3 is 12.2 Å². The third kappa shape index (κ3) is 3.87. The number of carbonyl (C=O) groups is 2. The van der Waals surface area contributed by atoms with Gasteiger partial charge in [0.15, 0.2) is 9.84 Å². The third-order valence-electron chi connectivity index (χ3n) is 7.74. The van der Waals surface area contributed by atoms with Gasteiger partial charge in [-0.25, -0.2) is 13.2 Å². The van der Waals surface area contributed by atoms with Gasteiger partial charge in [0.1, 0.15) is 0 Å². The van der Waals surface area contributed by atoms with E-state index in [-0.39, 0.29) is 29.2 Å². The maximum absolute atomic E-state index is 13.0. The highest BCUT2D eigenvalue weighted by Gasteiger charge is 2.54. The zero-order valence-electron chi connectivity index (χ0n) is 18.0. The molecular formula is C22H28F3N3O4S. The maximum Gasteiger partial charge on any atom is 0.416 e. The van der Waals surface area contributed by atoms with Crippen LogP contribution in [0.4, 0.5) is 18.0 Å². The first-order valence-corrected chi connectivity index (χ1v) is 12.7. The minimum Gasteiger partial charge on any atom is -0.347 e. The number of alkyl halides is 3. The van der Waals surface area contributed by atoms with Gasteiger partial charge < -0.3 is 15.1 Å². The molecule has 11 heteroatoms. The van der Waals surface area contributed by atoms with E-state index in [4.69, 9.17) is 0 Å². The molecule has 4 fully saturated rings. The van der Waals surface area contributed by atoms with Gasteiger partial charge in [0.2, 0.25) is 5.91 Å². The number of sulfone groups is 1. The zero-order valence-corrected chi connectivity index (χ0v) is 18.8. The fraction of sp³-hybridized carbons (Fsp3) is 0.636. The SMILES string of the molecule is O=C1CCC2(CN(C(=O)N3CC4(CCC(S(=O)(=O)c5cccc(C(F)(F)F)c5)CC4)C3)C2)N1.[HH]. The summed E-state index contributed by atoms with van der Waals surface area (Å²) in [5.74, 6) is 0.0295. The number of hydrogen-bond acceptors (Lipinski definition) is 4. The van der Waals surface area contributed by atoms with Gasteiger partial charge in [0.25, 0.3) is 0 Å². The Bertz CT molecular complexity index is 1090. The van der Waals surface area contributed by atoms with Crippen LogP contribution < -0.4 is 5.32 Å². The number of urea groups is 1. The Morgan fingerprint density at radius 3 is 2.27 bits per heavy atom. The Hall–Kier alpha value is -2.30. The van der Waals surface area contributed by atoms with Crippen LogP contribution in [0.25, 0.3) is 0 Å². The van der Waals surface area contributed by atoms with Crippen molar-refractivity contribution in [2.75, 3.05) is 26.2 Å². The summed E-state index contributed by atoms with van der Waals surface area (Å²) in [6, 6.07) is 3.90. The van der Waals surface area contributed by atoms with Crippen molar-refractivity contribution in [1.82, 2.24) is 15.1 Å². The monoisotopic (exact) mass is 487 g/mol. The first-order valence-electron chi connectivity index (χ1n) is 11.2. The Labute approximate surface area is 191 Å². The van der Waals surface area contributed by atoms with Crippen molar-refractivity contribution in [2.45, 2.75) is 60.4 Å². The lowest BCUT2D eigenvalue weighted by Gasteiger charge is -2.56. The Balaban J connectivity index is 0.00000274. The van der Waals surface area contributed by atoms with E-state index in [2.05, 4.69) is 5.32 Å². The van der Waals surface area contributed by atoms with Crippen LogP contribution in [0.3, 0.4) is 0 Å². The molecule has 1 N–H and O–H groups in total. The first kappa shape index (κ1) is 22.5. The Morgan fingerprint density at radius 1 is 1.06 bits per heavy atom. The van der Waals surface area contributed by atoms with Crippen LogP contribution in [0, 0.1) is 5.41 Å². The molecule has 0 radical (unpaired) electrons. The minimum atomic E-state index is -4.59. The number of likely N-dealkylation sites (tertiary alicyclic amines) is 2. The van der Waals surface area contributed by atoms with E-state index in [0.29, 0.717) is 58.3 Å². The number of nitrogens with zero attached hydrogens (tertiary/aromatic N) is 2. The second-order valence-electron chi connectivity index (χ2n) is 10.1. The second-order valence-corrected chi connectivity index (χ2v) is 12.3. The first-order chi connectivity index (χ1) is 15.4. The zero-order chi connectivity index (χ0) is 23.6. The van der Waals surface area contributed by atoms with Crippen LogP contribution >= 0.6 is 0 Å². The number of benzene rings is 1. The van der Waals surface area contributed by atoms with E-state index in [0.717, 1.165) is 24.6 Å². The van der Waals surface area contributed by atoms with Crippen molar-refractivity contribution in [3.05, 3.63) is 29.8 Å². The van der Waals surface area contributed by atoms with Gasteiger partial charge in [-0.15, -0.1) is 0 Å². The number of nitrogens with one attached hydrogen (secondary N) is 1. The van der Waals surface area contributed by atoms with Crippen molar-refractivity contribution in [3.63, 3.8) is 0 Å². The molecular weight excluding hydrogens is 459 g/mol. The van der Waals surface area contributed by atoms with Crippen molar-refractivity contribution in [1.29, 1.82) is 0 Å². The summed E-state index contributed by atoms with van der Waals surface area (Å²) in [7, 11) is -3.86. The molecule has 0 aromatic heterocycles. The number of hydrogen-bond donors (Lipinski definition) is 1. The molecule has 1 aliphatic carbocycles. The predicted molar refractivity (Wildman–Crippen MR) is 114 cm³/mol. The van der Waals surface area contributed by atoms with Crippen molar-refractivity contribution >= 4 is 21.8 Å². The molecule has 3 heterocycles.